The second kappa shape index (κ2) is 8.14. The molecule has 1 fully saturated rings. The maximum Gasteiger partial charge on any atom is 0.332 e. The maximum atomic E-state index is 12.8. The van der Waals surface area contributed by atoms with Crippen molar-refractivity contribution in [1.82, 2.24) is 4.90 Å². The van der Waals surface area contributed by atoms with E-state index < -0.39 is 23.9 Å². The van der Waals surface area contributed by atoms with Gasteiger partial charge < -0.3 is 10.6 Å². The molecule has 5 amide bonds. The Morgan fingerprint density at radius 2 is 1.48 bits per heavy atom. The molecule has 8 heteroatoms. The summed E-state index contributed by atoms with van der Waals surface area (Å²) in [5, 5.41) is 5.28. The SMILES string of the molecule is CC(=O)Nc1ccc(NC(=O)CN2C(=O)[C@H](C)N(c3ccc(C)cc3)C2=O)cc1. The predicted octanol–water partition coefficient (Wildman–Crippen LogP) is 2.75. The van der Waals surface area contributed by atoms with Crippen LogP contribution in [-0.4, -0.2) is 41.2 Å². The molecule has 0 aliphatic carbocycles. The summed E-state index contributed by atoms with van der Waals surface area (Å²) in [5.41, 5.74) is 2.74. The first-order valence-electron chi connectivity index (χ1n) is 9.15. The number of rotatable bonds is 5. The van der Waals surface area contributed by atoms with Gasteiger partial charge in [-0.2, -0.15) is 0 Å². The van der Waals surface area contributed by atoms with Gasteiger partial charge in [-0.15, -0.1) is 0 Å². The fraction of sp³-hybridized carbons (Fsp3) is 0.238. The molecule has 1 atom stereocenters. The van der Waals surface area contributed by atoms with Crippen LogP contribution in [0.5, 0.6) is 0 Å². The number of amides is 5. The Kier molecular flexibility index (Phi) is 5.63. The lowest BCUT2D eigenvalue weighted by molar-refractivity contribution is -0.130. The molecule has 1 aliphatic heterocycles. The number of hydrogen-bond acceptors (Lipinski definition) is 4. The van der Waals surface area contributed by atoms with Gasteiger partial charge in [0.2, 0.25) is 11.8 Å². The zero-order valence-electron chi connectivity index (χ0n) is 16.4. The third-order valence-corrected chi connectivity index (χ3v) is 4.55. The van der Waals surface area contributed by atoms with Crippen molar-refractivity contribution in [2.24, 2.45) is 0 Å². The minimum atomic E-state index is -0.685. The first-order chi connectivity index (χ1) is 13.8. The van der Waals surface area contributed by atoms with E-state index in [2.05, 4.69) is 10.6 Å². The van der Waals surface area contributed by atoms with Crippen LogP contribution in [0.4, 0.5) is 21.9 Å². The maximum absolute atomic E-state index is 12.8. The highest BCUT2D eigenvalue weighted by atomic mass is 16.2. The number of imide groups is 1. The number of anilines is 3. The molecule has 0 aromatic heterocycles. The summed E-state index contributed by atoms with van der Waals surface area (Å²) in [6, 6.07) is 12.6. The summed E-state index contributed by atoms with van der Waals surface area (Å²) >= 11 is 0. The quantitative estimate of drug-likeness (QED) is 0.762. The first kappa shape index (κ1) is 20.1. The van der Waals surface area contributed by atoms with Crippen LogP contribution in [0.15, 0.2) is 48.5 Å². The van der Waals surface area contributed by atoms with E-state index in [-0.39, 0.29) is 12.5 Å². The lowest BCUT2D eigenvalue weighted by Gasteiger charge is -2.19. The molecule has 150 valence electrons. The van der Waals surface area contributed by atoms with Gasteiger partial charge >= 0.3 is 6.03 Å². The molecular weight excluding hydrogens is 372 g/mol. The largest absolute Gasteiger partial charge is 0.332 e. The first-order valence-corrected chi connectivity index (χ1v) is 9.15. The summed E-state index contributed by atoms with van der Waals surface area (Å²) in [5.74, 6) is -1.11. The highest BCUT2D eigenvalue weighted by molar-refractivity contribution is 6.16. The van der Waals surface area contributed by atoms with Crippen molar-refractivity contribution in [1.29, 1.82) is 0 Å². The Hall–Kier alpha value is -3.68. The Morgan fingerprint density at radius 1 is 0.931 bits per heavy atom. The number of hydrogen-bond donors (Lipinski definition) is 2. The van der Waals surface area contributed by atoms with Crippen molar-refractivity contribution >= 4 is 40.8 Å². The summed E-state index contributed by atoms with van der Waals surface area (Å²) in [6.07, 6.45) is 0. The third-order valence-electron chi connectivity index (χ3n) is 4.55. The molecule has 29 heavy (non-hydrogen) atoms. The van der Waals surface area contributed by atoms with E-state index in [9.17, 15) is 19.2 Å². The molecule has 0 unspecified atom stereocenters. The summed E-state index contributed by atoms with van der Waals surface area (Å²) < 4.78 is 0. The fourth-order valence-corrected chi connectivity index (χ4v) is 3.10. The lowest BCUT2D eigenvalue weighted by atomic mass is 10.2. The van der Waals surface area contributed by atoms with E-state index in [1.807, 2.05) is 19.1 Å². The summed E-state index contributed by atoms with van der Waals surface area (Å²) in [7, 11) is 0. The molecule has 3 rings (SSSR count). The average Bonchev–Trinajstić information content (AvgIpc) is 2.87. The number of benzene rings is 2. The van der Waals surface area contributed by atoms with E-state index in [1.54, 1.807) is 43.3 Å². The van der Waals surface area contributed by atoms with Crippen LogP contribution in [0.2, 0.25) is 0 Å². The monoisotopic (exact) mass is 394 g/mol. The van der Waals surface area contributed by atoms with Crippen molar-refractivity contribution in [3.05, 3.63) is 54.1 Å². The molecule has 1 saturated heterocycles. The van der Waals surface area contributed by atoms with Gasteiger partial charge in [0.1, 0.15) is 12.6 Å². The Bertz CT molecular complexity index is 954. The van der Waals surface area contributed by atoms with Crippen LogP contribution in [0, 0.1) is 6.92 Å². The van der Waals surface area contributed by atoms with Crippen LogP contribution in [0.1, 0.15) is 19.4 Å². The van der Waals surface area contributed by atoms with Gasteiger partial charge in [0, 0.05) is 24.0 Å². The fourth-order valence-electron chi connectivity index (χ4n) is 3.10. The molecule has 2 N–H and O–H groups in total. The summed E-state index contributed by atoms with van der Waals surface area (Å²) in [6.45, 7) is 4.60. The van der Waals surface area contributed by atoms with E-state index in [0.29, 0.717) is 17.1 Å². The topological polar surface area (TPSA) is 98.8 Å². The van der Waals surface area contributed by atoms with E-state index in [4.69, 9.17) is 0 Å². The summed E-state index contributed by atoms with van der Waals surface area (Å²) in [4.78, 5) is 51.1. The van der Waals surface area contributed by atoms with E-state index in [1.165, 1.54) is 11.8 Å². The van der Waals surface area contributed by atoms with Gasteiger partial charge in [-0.1, -0.05) is 17.7 Å². The van der Waals surface area contributed by atoms with Crippen molar-refractivity contribution < 1.29 is 19.2 Å². The third kappa shape index (κ3) is 4.43. The smallest absolute Gasteiger partial charge is 0.326 e. The van der Waals surface area contributed by atoms with Crippen molar-refractivity contribution in [2.75, 3.05) is 22.1 Å². The van der Waals surface area contributed by atoms with E-state index >= 15 is 0 Å². The van der Waals surface area contributed by atoms with Gasteiger partial charge in [0.05, 0.1) is 0 Å². The van der Waals surface area contributed by atoms with Crippen LogP contribution >= 0.6 is 0 Å². The predicted molar refractivity (Wildman–Crippen MR) is 110 cm³/mol. The zero-order valence-corrected chi connectivity index (χ0v) is 16.4. The zero-order chi connectivity index (χ0) is 21.1. The number of nitrogens with one attached hydrogen (secondary N) is 2. The number of urea groups is 1. The Morgan fingerprint density at radius 3 is 2.03 bits per heavy atom. The minimum absolute atomic E-state index is 0.194. The Labute approximate surface area is 168 Å². The van der Waals surface area contributed by atoms with Crippen molar-refractivity contribution in [3.63, 3.8) is 0 Å². The van der Waals surface area contributed by atoms with Crippen LogP contribution in [-0.2, 0) is 14.4 Å². The number of nitrogens with zero attached hydrogens (tertiary/aromatic N) is 2. The average molecular weight is 394 g/mol. The van der Waals surface area contributed by atoms with Gasteiger partial charge in [0.25, 0.3) is 5.91 Å². The highest BCUT2D eigenvalue weighted by Gasteiger charge is 2.44. The second-order valence-corrected chi connectivity index (χ2v) is 6.90. The normalized spacial score (nSPS) is 16.2. The molecule has 0 bridgehead atoms. The molecule has 8 nitrogen and oxygen atoms in total. The highest BCUT2D eigenvalue weighted by Crippen LogP contribution is 2.26. The van der Waals surface area contributed by atoms with Crippen LogP contribution < -0.4 is 15.5 Å². The standard InChI is InChI=1S/C21H22N4O4/c1-13-4-10-18(11-5-13)25-14(2)20(28)24(21(25)29)12-19(27)23-17-8-6-16(7-9-17)22-15(3)26/h4-11,14H,12H2,1-3H3,(H,22,26)(H,23,27)/t14-/m0/s1. The molecule has 0 radical (unpaired) electrons. The minimum Gasteiger partial charge on any atom is -0.326 e. The van der Waals surface area contributed by atoms with Crippen LogP contribution in [0.25, 0.3) is 0 Å². The van der Waals surface area contributed by atoms with Crippen molar-refractivity contribution in [3.8, 4) is 0 Å². The molecule has 0 saturated carbocycles. The molecule has 0 spiro atoms. The molecule has 1 heterocycles. The Balaban J connectivity index is 1.66. The number of aryl methyl sites for hydroxylation is 1. The number of carbonyl (C=O) groups is 4. The van der Waals surface area contributed by atoms with Crippen molar-refractivity contribution in [2.45, 2.75) is 26.8 Å². The van der Waals surface area contributed by atoms with Gasteiger partial charge in [-0.3, -0.25) is 24.2 Å². The van der Waals surface area contributed by atoms with E-state index in [0.717, 1.165) is 10.5 Å². The molecule has 2 aromatic rings. The lowest BCUT2D eigenvalue weighted by Crippen LogP contribution is -2.39. The van der Waals surface area contributed by atoms with Gasteiger partial charge in [-0.05, 0) is 50.2 Å². The number of carbonyl (C=O) groups excluding carboxylic acids is 4. The van der Waals surface area contributed by atoms with Crippen LogP contribution in [0.3, 0.4) is 0 Å². The molecular formula is C21H22N4O4. The molecule has 1 aliphatic rings. The van der Waals surface area contributed by atoms with Gasteiger partial charge in [0.15, 0.2) is 0 Å². The molecule has 2 aromatic carbocycles. The second-order valence-electron chi connectivity index (χ2n) is 6.90. The van der Waals surface area contributed by atoms with Gasteiger partial charge in [-0.25, -0.2) is 4.79 Å².